The van der Waals surface area contributed by atoms with Crippen LogP contribution in [0.3, 0.4) is 0 Å². The van der Waals surface area contributed by atoms with Gasteiger partial charge < -0.3 is 13.3 Å². The average molecular weight is 337 g/mol. The van der Waals surface area contributed by atoms with Crippen LogP contribution in [0, 0.1) is 11.5 Å². The van der Waals surface area contributed by atoms with Crippen LogP contribution in [-0.2, 0) is 13.3 Å². The first-order chi connectivity index (χ1) is 10.4. The second-order valence-corrected chi connectivity index (χ2v) is 13.2. The smallest absolute Gasteiger partial charge is 0.370 e. The van der Waals surface area contributed by atoms with E-state index in [0.29, 0.717) is 19.8 Å². The van der Waals surface area contributed by atoms with Gasteiger partial charge in [-0.2, -0.15) is 0 Å². The maximum atomic E-state index is 5.95. The van der Waals surface area contributed by atoms with Crippen LogP contribution >= 0.6 is 0 Å². The van der Waals surface area contributed by atoms with Gasteiger partial charge in [-0.1, -0.05) is 37.7 Å². The van der Waals surface area contributed by atoms with Crippen molar-refractivity contribution in [2.75, 3.05) is 19.8 Å². The van der Waals surface area contributed by atoms with Gasteiger partial charge >= 0.3 is 8.80 Å². The summed E-state index contributed by atoms with van der Waals surface area (Å²) in [4.78, 5) is 0. The Morgan fingerprint density at radius 1 is 0.909 bits per heavy atom. The molecule has 0 heterocycles. The Balaban J connectivity index is 3.21. The molecule has 0 N–H and O–H groups in total. The summed E-state index contributed by atoms with van der Waals surface area (Å²) in [7, 11) is -4.23. The quantitative estimate of drug-likeness (QED) is 0.565. The third-order valence-corrected chi connectivity index (χ3v) is 6.70. The molecule has 0 spiro atoms. The van der Waals surface area contributed by atoms with E-state index in [4.69, 9.17) is 13.3 Å². The molecule has 0 amide bonds. The molecule has 0 saturated carbocycles. The maximum absolute atomic E-state index is 5.95. The summed E-state index contributed by atoms with van der Waals surface area (Å²) in [5, 5.41) is 0.987. The monoisotopic (exact) mass is 336 g/mol. The highest BCUT2D eigenvalue weighted by atomic mass is 28.4. The first-order valence-electron chi connectivity index (χ1n) is 7.92. The zero-order valence-electron chi connectivity index (χ0n) is 14.7. The maximum Gasteiger partial charge on any atom is 0.537 e. The number of hydrogen-bond acceptors (Lipinski definition) is 3. The summed E-state index contributed by atoms with van der Waals surface area (Å²) in [5.41, 5.74) is 4.39. The van der Waals surface area contributed by atoms with Gasteiger partial charge in [-0.05, 0) is 32.9 Å². The Morgan fingerprint density at radius 2 is 1.45 bits per heavy atom. The lowest BCUT2D eigenvalue weighted by molar-refractivity contribution is 0.0859. The zero-order valence-corrected chi connectivity index (χ0v) is 16.7. The summed E-state index contributed by atoms with van der Waals surface area (Å²) in [5.74, 6) is 3.29. The fraction of sp³-hybridized carbons (Fsp3) is 0.529. The third-order valence-electron chi connectivity index (χ3n) is 2.80. The highest BCUT2D eigenvalue weighted by Gasteiger charge is 2.43. The zero-order chi connectivity index (χ0) is 16.6. The molecule has 1 rings (SSSR count). The van der Waals surface area contributed by atoms with E-state index in [1.165, 1.54) is 0 Å². The Kier molecular flexibility index (Phi) is 7.53. The molecule has 1 aromatic rings. The van der Waals surface area contributed by atoms with Crippen molar-refractivity contribution < 1.29 is 13.3 Å². The highest BCUT2D eigenvalue weighted by molar-refractivity contribution is 6.83. The lowest BCUT2D eigenvalue weighted by Gasteiger charge is -2.28. The molecule has 5 heteroatoms. The van der Waals surface area contributed by atoms with Crippen molar-refractivity contribution in [3.05, 3.63) is 29.8 Å². The van der Waals surface area contributed by atoms with E-state index in [1.807, 2.05) is 39.0 Å². The van der Waals surface area contributed by atoms with Gasteiger partial charge in [-0.3, -0.25) is 0 Å². The topological polar surface area (TPSA) is 27.7 Å². The van der Waals surface area contributed by atoms with E-state index in [-0.39, 0.29) is 0 Å². The van der Waals surface area contributed by atoms with Crippen molar-refractivity contribution in [2.45, 2.75) is 40.4 Å². The summed E-state index contributed by atoms with van der Waals surface area (Å²) < 4.78 is 17.9. The van der Waals surface area contributed by atoms with Gasteiger partial charge in [0.1, 0.15) is 8.07 Å². The first-order valence-corrected chi connectivity index (χ1v) is 13.1. The molecule has 1 aromatic carbocycles. The largest absolute Gasteiger partial charge is 0.537 e. The van der Waals surface area contributed by atoms with Crippen molar-refractivity contribution in [3.8, 4) is 11.5 Å². The Bertz CT molecular complexity index is 510. The fourth-order valence-corrected chi connectivity index (χ4v) is 5.03. The van der Waals surface area contributed by atoms with Gasteiger partial charge in [0, 0.05) is 30.6 Å². The first kappa shape index (κ1) is 19.1. The number of hydrogen-bond donors (Lipinski definition) is 0. The molecule has 0 aliphatic carbocycles. The van der Waals surface area contributed by atoms with Crippen LogP contribution in [-0.4, -0.2) is 36.7 Å². The van der Waals surface area contributed by atoms with Gasteiger partial charge in [0.05, 0.1) is 0 Å². The molecule has 0 aliphatic rings. The van der Waals surface area contributed by atoms with Crippen molar-refractivity contribution in [2.24, 2.45) is 0 Å². The van der Waals surface area contributed by atoms with Crippen molar-refractivity contribution >= 4 is 22.1 Å². The fourth-order valence-electron chi connectivity index (χ4n) is 1.99. The van der Waals surface area contributed by atoms with Crippen LogP contribution in [0.5, 0.6) is 0 Å². The number of rotatable bonds is 7. The van der Waals surface area contributed by atoms with Crippen molar-refractivity contribution in [3.63, 3.8) is 0 Å². The standard InChI is InChI=1S/C17H28O3Si2/c1-7-18-22(19-8-2,20-9-3)17-12-10-11-16(15-17)13-14-21(4,5)6/h10-12,15H,7-9H2,1-6H3. The molecular weight excluding hydrogens is 308 g/mol. The van der Waals surface area contributed by atoms with E-state index in [9.17, 15) is 0 Å². The third kappa shape index (κ3) is 5.71. The highest BCUT2D eigenvalue weighted by Crippen LogP contribution is 2.12. The molecule has 0 saturated heterocycles. The van der Waals surface area contributed by atoms with Crippen LogP contribution in [0.2, 0.25) is 19.6 Å². The molecular formula is C17H28O3Si2. The predicted molar refractivity (Wildman–Crippen MR) is 96.9 cm³/mol. The lowest BCUT2D eigenvalue weighted by Crippen LogP contribution is -2.57. The van der Waals surface area contributed by atoms with Crippen LogP contribution in [0.1, 0.15) is 26.3 Å². The van der Waals surface area contributed by atoms with E-state index >= 15 is 0 Å². The van der Waals surface area contributed by atoms with Gasteiger partial charge in [-0.25, -0.2) is 0 Å². The van der Waals surface area contributed by atoms with Crippen LogP contribution in [0.4, 0.5) is 0 Å². The predicted octanol–water partition coefficient (Wildman–Crippen LogP) is 3.17. The van der Waals surface area contributed by atoms with Gasteiger partial charge in [0.25, 0.3) is 0 Å². The Labute approximate surface area is 137 Å². The minimum Gasteiger partial charge on any atom is -0.370 e. The molecule has 0 radical (unpaired) electrons. The second-order valence-electron chi connectivity index (χ2n) is 5.94. The minimum absolute atomic E-state index is 0.567. The SMILES string of the molecule is CCO[Si](OCC)(OCC)c1cccc(C#C[Si](C)(C)C)c1. The second kappa shape index (κ2) is 8.65. The Hall–Kier alpha value is -0.906. The summed E-state index contributed by atoms with van der Waals surface area (Å²) in [6, 6.07) is 8.11. The van der Waals surface area contributed by atoms with E-state index < -0.39 is 16.9 Å². The molecule has 0 aliphatic heterocycles. The van der Waals surface area contributed by atoms with E-state index in [1.54, 1.807) is 0 Å². The molecule has 122 valence electrons. The van der Waals surface area contributed by atoms with Crippen LogP contribution in [0.15, 0.2) is 24.3 Å². The lowest BCUT2D eigenvalue weighted by atomic mass is 10.2. The minimum atomic E-state index is -2.83. The van der Waals surface area contributed by atoms with Gasteiger partial charge in [0.15, 0.2) is 0 Å². The number of benzene rings is 1. The molecule has 0 unspecified atom stereocenters. The summed E-state index contributed by atoms with van der Waals surface area (Å²) in [6.07, 6.45) is 0. The van der Waals surface area contributed by atoms with Gasteiger partial charge in [-0.15, -0.1) is 5.54 Å². The molecule has 0 bridgehead atoms. The molecule has 3 nitrogen and oxygen atoms in total. The molecule has 0 atom stereocenters. The summed E-state index contributed by atoms with van der Waals surface area (Å²) >= 11 is 0. The van der Waals surface area contributed by atoms with E-state index in [0.717, 1.165) is 10.8 Å². The normalized spacial score (nSPS) is 11.9. The van der Waals surface area contributed by atoms with E-state index in [2.05, 4.69) is 37.2 Å². The Morgan fingerprint density at radius 3 is 1.91 bits per heavy atom. The van der Waals surface area contributed by atoms with Crippen molar-refractivity contribution in [1.29, 1.82) is 0 Å². The molecule has 22 heavy (non-hydrogen) atoms. The summed E-state index contributed by atoms with van der Waals surface area (Å²) in [6.45, 7) is 14.3. The molecule has 0 aromatic heterocycles. The van der Waals surface area contributed by atoms with Gasteiger partial charge in [0.2, 0.25) is 0 Å². The average Bonchev–Trinajstić information content (AvgIpc) is 2.45. The molecule has 0 fully saturated rings. The van der Waals surface area contributed by atoms with Crippen LogP contribution in [0.25, 0.3) is 0 Å². The van der Waals surface area contributed by atoms with Crippen LogP contribution < -0.4 is 5.19 Å². The van der Waals surface area contributed by atoms with Crippen molar-refractivity contribution in [1.82, 2.24) is 0 Å².